The molecule has 0 saturated carbocycles. The Morgan fingerprint density at radius 3 is 2.34 bits per heavy atom. The molecule has 0 spiro atoms. The van der Waals surface area contributed by atoms with Crippen molar-refractivity contribution in [2.75, 3.05) is 20.3 Å². The second-order valence-corrected chi connectivity index (χ2v) is 14.2. The lowest BCUT2D eigenvalue weighted by molar-refractivity contribution is -0.149. The van der Waals surface area contributed by atoms with E-state index in [1.807, 2.05) is 30.3 Å². The highest BCUT2D eigenvalue weighted by atomic mass is 28.4. The number of rotatable bonds is 7. The van der Waals surface area contributed by atoms with Gasteiger partial charge in [0.25, 0.3) is 0 Å². The van der Waals surface area contributed by atoms with Gasteiger partial charge in [-0.3, -0.25) is 0 Å². The minimum atomic E-state index is -2.02. The van der Waals surface area contributed by atoms with E-state index >= 15 is 0 Å². The summed E-state index contributed by atoms with van der Waals surface area (Å²) in [6.07, 6.45) is 2.79. The van der Waals surface area contributed by atoms with Gasteiger partial charge in [-0.1, -0.05) is 74.8 Å². The smallest absolute Gasteiger partial charge is 0.333 e. The zero-order valence-corrected chi connectivity index (χ0v) is 21.3. The van der Waals surface area contributed by atoms with Crippen molar-refractivity contribution in [1.82, 2.24) is 0 Å². The quantitative estimate of drug-likeness (QED) is 0.307. The maximum Gasteiger partial charge on any atom is 0.333 e. The van der Waals surface area contributed by atoms with Gasteiger partial charge in [-0.25, -0.2) is 4.79 Å². The lowest BCUT2D eigenvalue weighted by Crippen LogP contribution is -2.41. The van der Waals surface area contributed by atoms with Crippen LogP contribution in [0.2, 0.25) is 18.1 Å². The van der Waals surface area contributed by atoms with Crippen LogP contribution >= 0.6 is 0 Å². The molecule has 0 heterocycles. The summed E-state index contributed by atoms with van der Waals surface area (Å²) in [5.74, 6) is 12.5. The third-order valence-electron chi connectivity index (χ3n) is 5.91. The monoisotopic (exact) mass is 452 g/mol. The van der Waals surface area contributed by atoms with Crippen molar-refractivity contribution in [2.45, 2.75) is 70.7 Å². The third-order valence-corrected chi connectivity index (χ3v) is 10.4. The molecule has 172 valence electrons. The van der Waals surface area contributed by atoms with Gasteiger partial charge >= 0.3 is 5.97 Å². The predicted octanol–water partition coefficient (Wildman–Crippen LogP) is 5.60. The number of hydrogen-bond acceptors (Lipinski definition) is 4. The summed E-state index contributed by atoms with van der Waals surface area (Å²) in [6.45, 7) is 11.4. The lowest BCUT2D eigenvalue weighted by Gasteiger charge is -2.36. The molecule has 5 heteroatoms. The average molecular weight is 453 g/mol. The summed E-state index contributed by atoms with van der Waals surface area (Å²) >= 11 is 0. The highest BCUT2D eigenvalue weighted by molar-refractivity contribution is 6.74. The van der Waals surface area contributed by atoms with E-state index in [1.165, 1.54) is 7.11 Å². The molecule has 0 fully saturated rings. The van der Waals surface area contributed by atoms with Crippen LogP contribution in [0.15, 0.2) is 35.9 Å². The van der Waals surface area contributed by atoms with Gasteiger partial charge in [0.2, 0.25) is 0 Å². The minimum Gasteiger partial charge on any atom is -0.442 e. The van der Waals surface area contributed by atoms with E-state index < -0.39 is 20.4 Å². The van der Waals surface area contributed by atoms with Crippen molar-refractivity contribution in [3.8, 4) is 23.7 Å². The molecule has 0 saturated heterocycles. The van der Waals surface area contributed by atoms with Gasteiger partial charge < -0.3 is 13.9 Å². The van der Waals surface area contributed by atoms with Crippen molar-refractivity contribution in [1.29, 1.82) is 0 Å². The Hall–Kier alpha value is -2.31. The Kier molecular flexibility index (Phi) is 9.78. The zero-order chi connectivity index (χ0) is 23.6. The maximum atomic E-state index is 12.3. The molecule has 0 amide bonds. The van der Waals surface area contributed by atoms with Gasteiger partial charge in [0.1, 0.15) is 6.61 Å². The summed E-state index contributed by atoms with van der Waals surface area (Å²) in [4.78, 5) is 12.3. The van der Waals surface area contributed by atoms with Gasteiger partial charge in [-0.05, 0) is 42.1 Å². The number of carbonyl (C=O) groups excluding carboxylic acids is 1. The summed E-state index contributed by atoms with van der Waals surface area (Å²) in [5, 5.41) is 0.0750. The molecule has 1 atom stereocenters. The second kappa shape index (κ2) is 12.1. The Bertz CT molecular complexity index is 918. The molecule has 32 heavy (non-hydrogen) atoms. The fourth-order valence-electron chi connectivity index (χ4n) is 2.92. The first kappa shape index (κ1) is 25.9. The van der Waals surface area contributed by atoms with E-state index in [2.05, 4.69) is 57.5 Å². The topological polar surface area (TPSA) is 44.8 Å². The largest absolute Gasteiger partial charge is 0.442 e. The van der Waals surface area contributed by atoms with Gasteiger partial charge in [-0.2, -0.15) is 0 Å². The van der Waals surface area contributed by atoms with Crippen LogP contribution in [0.5, 0.6) is 0 Å². The maximum absolute atomic E-state index is 12.3. The van der Waals surface area contributed by atoms with Crippen molar-refractivity contribution in [2.24, 2.45) is 0 Å². The number of benzene rings is 1. The number of hydrogen-bond donors (Lipinski definition) is 0. The normalized spacial score (nSPS) is 18.5. The van der Waals surface area contributed by atoms with Crippen LogP contribution < -0.4 is 0 Å². The molecular formula is C27H36O4Si. The van der Waals surface area contributed by atoms with E-state index in [0.717, 1.165) is 36.8 Å². The van der Waals surface area contributed by atoms with Crippen molar-refractivity contribution < 1.29 is 18.7 Å². The summed E-state index contributed by atoms with van der Waals surface area (Å²) in [7, 11) is -0.546. The molecule has 4 nitrogen and oxygen atoms in total. The summed E-state index contributed by atoms with van der Waals surface area (Å²) < 4.78 is 17.3. The number of carbonyl (C=O) groups is 1. The standard InChI is InChI=1S/C27H36O4Si/c1-27(2,3)32(5,6)30-20-24(22-16-12-11-13-17-22)23-18-14-9-7-8-10-15-19-25(23)31-26(28)21-29-4/h11-13,16-17,25H,7-10,20-21H2,1-6H3/b24-23-. The van der Waals surface area contributed by atoms with E-state index in [9.17, 15) is 4.79 Å². The van der Waals surface area contributed by atoms with Crippen LogP contribution in [0.1, 0.15) is 52.0 Å². The Balaban J connectivity index is 2.59. The molecule has 0 bridgehead atoms. The molecule has 1 aromatic carbocycles. The van der Waals surface area contributed by atoms with Crippen LogP contribution in [0.3, 0.4) is 0 Å². The van der Waals surface area contributed by atoms with Crippen LogP contribution in [0.4, 0.5) is 0 Å². The van der Waals surface area contributed by atoms with Crippen LogP contribution in [0, 0.1) is 23.7 Å². The molecule has 0 N–H and O–H groups in total. The van der Waals surface area contributed by atoms with Crippen LogP contribution in [-0.4, -0.2) is 40.7 Å². The molecule has 1 aromatic rings. The first-order chi connectivity index (χ1) is 15.2. The van der Waals surface area contributed by atoms with Crippen molar-refractivity contribution >= 4 is 19.9 Å². The lowest BCUT2D eigenvalue weighted by atomic mass is 9.96. The van der Waals surface area contributed by atoms with Crippen LogP contribution in [-0.2, 0) is 18.7 Å². The molecule has 2 rings (SSSR count). The average Bonchev–Trinajstić information content (AvgIpc) is 2.73. The molecule has 0 radical (unpaired) electrons. The molecule has 0 aliphatic heterocycles. The Morgan fingerprint density at radius 1 is 1.06 bits per heavy atom. The van der Waals surface area contributed by atoms with Gasteiger partial charge in [0.05, 0.1) is 12.2 Å². The Morgan fingerprint density at radius 2 is 1.72 bits per heavy atom. The number of esters is 1. The Labute approximate surface area is 194 Å². The fourth-order valence-corrected chi connectivity index (χ4v) is 3.86. The number of ether oxygens (including phenoxy) is 2. The van der Waals surface area contributed by atoms with Gasteiger partial charge in [0.15, 0.2) is 14.4 Å². The van der Waals surface area contributed by atoms with E-state index in [4.69, 9.17) is 13.9 Å². The SMILES string of the molecule is COCC(=O)OC1C#CCCCCC#C/C1=C(\CO[Si](C)(C)C(C)(C)C)c1ccccc1. The molecule has 0 aromatic heterocycles. The predicted molar refractivity (Wildman–Crippen MR) is 132 cm³/mol. The fraction of sp³-hybridized carbons (Fsp3) is 0.519. The molecule has 1 aliphatic carbocycles. The second-order valence-electron chi connectivity index (χ2n) is 9.44. The number of methoxy groups -OCH3 is 1. The first-order valence-electron chi connectivity index (χ1n) is 11.2. The summed E-state index contributed by atoms with van der Waals surface area (Å²) in [6, 6.07) is 10.1. The summed E-state index contributed by atoms with van der Waals surface area (Å²) in [5.41, 5.74) is 2.63. The highest BCUT2D eigenvalue weighted by Gasteiger charge is 2.37. The van der Waals surface area contributed by atoms with Crippen LogP contribution in [0.25, 0.3) is 5.57 Å². The van der Waals surface area contributed by atoms with Crippen molar-refractivity contribution in [3.05, 3.63) is 41.5 Å². The third kappa shape index (κ3) is 7.68. The molecule has 1 aliphatic rings. The van der Waals surface area contributed by atoms with E-state index in [-0.39, 0.29) is 11.6 Å². The zero-order valence-electron chi connectivity index (χ0n) is 20.3. The van der Waals surface area contributed by atoms with E-state index in [1.54, 1.807) is 0 Å². The molecule has 1 unspecified atom stereocenters. The first-order valence-corrected chi connectivity index (χ1v) is 14.1. The van der Waals surface area contributed by atoms with Crippen molar-refractivity contribution in [3.63, 3.8) is 0 Å². The highest BCUT2D eigenvalue weighted by Crippen LogP contribution is 2.37. The van der Waals surface area contributed by atoms with Gasteiger partial charge in [0, 0.05) is 20.0 Å². The van der Waals surface area contributed by atoms with Gasteiger partial charge in [-0.15, -0.1) is 0 Å². The molecular weight excluding hydrogens is 416 g/mol. The minimum absolute atomic E-state index is 0.0750. The van der Waals surface area contributed by atoms with E-state index in [0.29, 0.717) is 12.2 Å².